The predicted octanol–water partition coefficient (Wildman–Crippen LogP) is 3.44. The lowest BCUT2D eigenvalue weighted by atomic mass is 9.88. The second-order valence-electron chi connectivity index (χ2n) is 7.62. The topological polar surface area (TPSA) is 80.5 Å². The lowest BCUT2D eigenvalue weighted by Crippen LogP contribution is -2.36. The van der Waals surface area contributed by atoms with E-state index in [0.29, 0.717) is 25.9 Å². The van der Waals surface area contributed by atoms with Crippen LogP contribution in [0.25, 0.3) is 0 Å². The van der Waals surface area contributed by atoms with E-state index in [1.54, 1.807) is 12.1 Å². The van der Waals surface area contributed by atoms with Crippen LogP contribution in [0.15, 0.2) is 83.8 Å². The molecule has 1 aliphatic rings. The van der Waals surface area contributed by atoms with E-state index in [-0.39, 0.29) is 16.7 Å². The number of carbonyl (C=O) groups is 1. The number of hydrogen-bond donors (Lipinski definition) is 1. The number of primary sulfonamides is 1. The minimum Gasteiger partial charge on any atom is -0.338 e. The third-order valence-electron chi connectivity index (χ3n) is 5.65. The van der Waals surface area contributed by atoms with Gasteiger partial charge in [0.2, 0.25) is 15.9 Å². The standard InChI is InChI=1S/C24H24N2O3S/c25-30(28,29)22-12-11-18-13-14-26(17-21(18)15-22)24(27)16-23(19-7-3-1-4-8-19)20-9-5-2-6-10-20/h1-12,15,23H,13-14,16-17H2,(H2,25,28,29). The van der Waals surface area contributed by atoms with Gasteiger partial charge in [-0.25, -0.2) is 13.6 Å². The van der Waals surface area contributed by atoms with Crippen LogP contribution in [0.1, 0.15) is 34.6 Å². The highest BCUT2D eigenvalue weighted by Gasteiger charge is 2.25. The summed E-state index contributed by atoms with van der Waals surface area (Å²) in [5.41, 5.74) is 4.11. The molecule has 5 nitrogen and oxygen atoms in total. The van der Waals surface area contributed by atoms with Crippen molar-refractivity contribution in [1.82, 2.24) is 4.90 Å². The van der Waals surface area contributed by atoms with Gasteiger partial charge in [0.25, 0.3) is 0 Å². The molecule has 0 fully saturated rings. The van der Waals surface area contributed by atoms with E-state index in [4.69, 9.17) is 5.14 Å². The fourth-order valence-corrected chi connectivity index (χ4v) is 4.59. The molecule has 30 heavy (non-hydrogen) atoms. The molecule has 3 aromatic carbocycles. The number of hydrogen-bond acceptors (Lipinski definition) is 3. The van der Waals surface area contributed by atoms with Gasteiger partial charge in [-0.1, -0.05) is 66.7 Å². The summed E-state index contributed by atoms with van der Waals surface area (Å²) in [5, 5.41) is 5.27. The molecule has 3 aromatic rings. The average Bonchev–Trinajstić information content (AvgIpc) is 2.77. The molecular weight excluding hydrogens is 396 g/mol. The Morgan fingerprint density at radius 1 is 0.900 bits per heavy atom. The molecule has 0 unspecified atom stereocenters. The van der Waals surface area contributed by atoms with Crippen LogP contribution in [0.4, 0.5) is 0 Å². The Morgan fingerprint density at radius 3 is 2.07 bits per heavy atom. The van der Waals surface area contributed by atoms with Gasteiger partial charge < -0.3 is 4.90 Å². The Balaban J connectivity index is 1.57. The van der Waals surface area contributed by atoms with Crippen molar-refractivity contribution in [2.75, 3.05) is 6.54 Å². The first-order valence-electron chi connectivity index (χ1n) is 9.94. The zero-order chi connectivity index (χ0) is 21.1. The molecule has 0 saturated carbocycles. The van der Waals surface area contributed by atoms with Crippen LogP contribution in [-0.2, 0) is 27.8 Å². The second-order valence-corrected chi connectivity index (χ2v) is 9.18. The number of nitrogens with two attached hydrogens (primary N) is 1. The number of benzene rings is 3. The predicted molar refractivity (Wildman–Crippen MR) is 116 cm³/mol. The summed E-state index contributed by atoms with van der Waals surface area (Å²) in [6.07, 6.45) is 1.06. The summed E-state index contributed by atoms with van der Waals surface area (Å²) in [7, 11) is -3.77. The van der Waals surface area contributed by atoms with Crippen molar-refractivity contribution in [3.8, 4) is 0 Å². The van der Waals surface area contributed by atoms with E-state index in [9.17, 15) is 13.2 Å². The van der Waals surface area contributed by atoms with Crippen LogP contribution >= 0.6 is 0 Å². The average molecular weight is 421 g/mol. The van der Waals surface area contributed by atoms with Crippen molar-refractivity contribution >= 4 is 15.9 Å². The van der Waals surface area contributed by atoms with Crippen molar-refractivity contribution in [3.63, 3.8) is 0 Å². The molecule has 2 N–H and O–H groups in total. The molecule has 1 aliphatic heterocycles. The molecule has 154 valence electrons. The maximum Gasteiger partial charge on any atom is 0.238 e. The molecule has 0 bridgehead atoms. The first-order valence-corrected chi connectivity index (χ1v) is 11.5. The Labute approximate surface area is 177 Å². The first kappa shape index (κ1) is 20.3. The van der Waals surface area contributed by atoms with E-state index in [2.05, 4.69) is 24.3 Å². The number of sulfonamides is 1. The number of carbonyl (C=O) groups excluding carboxylic acids is 1. The SMILES string of the molecule is NS(=O)(=O)c1ccc2c(c1)CN(C(=O)CC(c1ccccc1)c1ccccc1)CC2. The van der Waals surface area contributed by atoms with E-state index < -0.39 is 10.0 Å². The summed E-state index contributed by atoms with van der Waals surface area (Å²) >= 11 is 0. The largest absolute Gasteiger partial charge is 0.338 e. The monoisotopic (exact) mass is 420 g/mol. The molecular formula is C24H24N2O3S. The molecule has 6 heteroatoms. The van der Waals surface area contributed by atoms with Gasteiger partial charge >= 0.3 is 0 Å². The van der Waals surface area contributed by atoms with Gasteiger partial charge in [0.15, 0.2) is 0 Å². The number of amides is 1. The molecule has 1 amide bonds. The fourth-order valence-electron chi connectivity index (χ4n) is 4.03. The molecule has 0 aromatic heterocycles. The van der Waals surface area contributed by atoms with Crippen molar-refractivity contribution in [1.29, 1.82) is 0 Å². The molecule has 0 saturated heterocycles. The summed E-state index contributed by atoms with van der Waals surface area (Å²) in [5.74, 6) is 0.0245. The lowest BCUT2D eigenvalue weighted by molar-refractivity contribution is -0.132. The Morgan fingerprint density at radius 2 is 1.50 bits per heavy atom. The summed E-state index contributed by atoms with van der Waals surface area (Å²) in [6, 6.07) is 25.0. The van der Waals surface area contributed by atoms with Gasteiger partial charge in [0, 0.05) is 25.4 Å². The maximum atomic E-state index is 13.2. The number of fused-ring (bicyclic) bond motifs is 1. The van der Waals surface area contributed by atoms with E-state index in [1.807, 2.05) is 41.3 Å². The highest BCUT2D eigenvalue weighted by atomic mass is 32.2. The highest BCUT2D eigenvalue weighted by Crippen LogP contribution is 2.30. The molecule has 0 spiro atoms. The van der Waals surface area contributed by atoms with Gasteiger partial charge in [-0.2, -0.15) is 0 Å². The second kappa shape index (κ2) is 8.42. The van der Waals surface area contributed by atoms with E-state index in [1.165, 1.54) is 6.07 Å². The van der Waals surface area contributed by atoms with Crippen LogP contribution in [0.5, 0.6) is 0 Å². The van der Waals surface area contributed by atoms with E-state index >= 15 is 0 Å². The fraction of sp³-hybridized carbons (Fsp3) is 0.208. The summed E-state index contributed by atoms with van der Waals surface area (Å²) in [6.45, 7) is 1.02. The first-order chi connectivity index (χ1) is 14.4. The van der Waals surface area contributed by atoms with Crippen molar-refractivity contribution in [3.05, 3.63) is 101 Å². The van der Waals surface area contributed by atoms with Crippen LogP contribution < -0.4 is 5.14 Å². The van der Waals surface area contributed by atoms with Gasteiger partial charge in [-0.05, 0) is 40.8 Å². The molecule has 1 heterocycles. The van der Waals surface area contributed by atoms with Crippen molar-refractivity contribution in [2.24, 2.45) is 5.14 Å². The zero-order valence-corrected chi connectivity index (χ0v) is 17.4. The minimum absolute atomic E-state index is 0.0305. The van der Waals surface area contributed by atoms with Gasteiger partial charge in [-0.3, -0.25) is 4.79 Å². The molecule has 0 atom stereocenters. The van der Waals surface area contributed by atoms with Crippen LogP contribution in [-0.4, -0.2) is 25.8 Å². The van der Waals surface area contributed by atoms with Crippen LogP contribution in [0, 0.1) is 0 Å². The smallest absolute Gasteiger partial charge is 0.238 e. The molecule has 0 radical (unpaired) electrons. The van der Waals surface area contributed by atoms with E-state index in [0.717, 1.165) is 22.3 Å². The Kier molecular flexibility index (Phi) is 5.70. The van der Waals surface area contributed by atoms with Crippen LogP contribution in [0.3, 0.4) is 0 Å². The lowest BCUT2D eigenvalue weighted by Gasteiger charge is -2.30. The maximum absolute atomic E-state index is 13.2. The third kappa shape index (κ3) is 4.45. The van der Waals surface area contributed by atoms with Crippen molar-refractivity contribution in [2.45, 2.75) is 30.2 Å². The Hall–Kier alpha value is -2.96. The quantitative estimate of drug-likeness (QED) is 0.687. The van der Waals surface area contributed by atoms with Gasteiger partial charge in [0.05, 0.1) is 4.90 Å². The Bertz CT molecular complexity index is 1110. The highest BCUT2D eigenvalue weighted by molar-refractivity contribution is 7.89. The van der Waals surface area contributed by atoms with Gasteiger partial charge in [0.1, 0.15) is 0 Å². The summed E-state index contributed by atoms with van der Waals surface area (Å²) < 4.78 is 23.4. The number of rotatable bonds is 5. The van der Waals surface area contributed by atoms with Gasteiger partial charge in [-0.15, -0.1) is 0 Å². The van der Waals surface area contributed by atoms with Crippen LogP contribution in [0.2, 0.25) is 0 Å². The third-order valence-corrected chi connectivity index (χ3v) is 6.56. The molecule has 4 rings (SSSR count). The number of nitrogens with zero attached hydrogens (tertiary/aromatic N) is 1. The zero-order valence-electron chi connectivity index (χ0n) is 16.6. The minimum atomic E-state index is -3.77. The normalized spacial score (nSPS) is 13.9. The van der Waals surface area contributed by atoms with Crippen molar-refractivity contribution < 1.29 is 13.2 Å². The molecule has 0 aliphatic carbocycles. The summed E-state index contributed by atoms with van der Waals surface area (Å²) in [4.78, 5) is 15.1.